The van der Waals surface area contributed by atoms with Gasteiger partial charge in [-0.2, -0.15) is 0 Å². The summed E-state index contributed by atoms with van der Waals surface area (Å²) in [6.45, 7) is 9.45. The van der Waals surface area contributed by atoms with E-state index in [1.807, 2.05) is 0 Å². The third-order valence-corrected chi connectivity index (χ3v) is 12.0. The van der Waals surface area contributed by atoms with Crippen molar-refractivity contribution in [3.63, 3.8) is 0 Å². The zero-order valence-electron chi connectivity index (χ0n) is 32.8. The minimum Gasteiger partial charge on any atom is -0.492 e. The number of aliphatic hydroxyl groups excluding tert-OH is 2. The van der Waals surface area contributed by atoms with E-state index in [1.54, 1.807) is 21.3 Å². The van der Waals surface area contributed by atoms with Crippen LogP contribution < -0.4 is 18.9 Å². The van der Waals surface area contributed by atoms with Gasteiger partial charge >= 0.3 is 0 Å². The first-order chi connectivity index (χ1) is 24.8. The Bertz CT molecular complexity index is 1600. The highest BCUT2D eigenvalue weighted by Gasteiger charge is 2.43. The molecule has 1 aliphatic carbocycles. The Kier molecular flexibility index (Phi) is 14.6. The summed E-state index contributed by atoms with van der Waals surface area (Å²) in [5, 5.41) is 23.8. The van der Waals surface area contributed by atoms with Crippen LogP contribution in [0.25, 0.3) is 21.5 Å². The Morgan fingerprint density at radius 1 is 0.706 bits per heavy atom. The lowest BCUT2D eigenvalue weighted by molar-refractivity contribution is 0.0862. The number of hydrogen-bond acceptors (Lipinski definition) is 7. The summed E-state index contributed by atoms with van der Waals surface area (Å²) >= 11 is 0. The fourth-order valence-electron chi connectivity index (χ4n) is 8.71. The molecule has 0 radical (unpaired) electrons. The fraction of sp³-hybridized carbons (Fsp3) is 0.682. The molecule has 0 bridgehead atoms. The van der Waals surface area contributed by atoms with E-state index in [4.69, 9.17) is 23.7 Å². The molecule has 4 unspecified atom stereocenters. The van der Waals surface area contributed by atoms with E-state index in [0.29, 0.717) is 42.7 Å². The Balaban J connectivity index is 1.62. The number of epoxide rings is 1. The van der Waals surface area contributed by atoms with Gasteiger partial charge < -0.3 is 33.9 Å². The van der Waals surface area contributed by atoms with Crippen molar-refractivity contribution < 1.29 is 33.9 Å². The SMILES string of the molecule is CCCCCCCCCCOc1c2c(C)c(C)c(C)c(CCCCC(O)CO)c2cc2c(OC)c(OC)c(OC)c(CCC3CCC4OC4C3)c12. The Hall–Kier alpha value is -2.74. The average Bonchev–Trinajstić information content (AvgIpc) is 3.93. The summed E-state index contributed by atoms with van der Waals surface area (Å²) in [7, 11) is 5.16. The van der Waals surface area contributed by atoms with Gasteiger partial charge in [0.1, 0.15) is 5.75 Å². The van der Waals surface area contributed by atoms with Gasteiger partial charge in [0.15, 0.2) is 11.5 Å². The Morgan fingerprint density at radius 2 is 1.41 bits per heavy atom. The second kappa shape index (κ2) is 18.8. The Morgan fingerprint density at radius 3 is 2.08 bits per heavy atom. The molecule has 7 heteroatoms. The van der Waals surface area contributed by atoms with Gasteiger partial charge in [0.2, 0.25) is 5.75 Å². The lowest BCUT2D eigenvalue weighted by atomic mass is 9.82. The van der Waals surface area contributed by atoms with Crippen LogP contribution in [0.5, 0.6) is 23.0 Å². The number of aliphatic hydroxyl groups is 2. The molecule has 2 N–H and O–H groups in total. The molecule has 1 heterocycles. The molecule has 1 aliphatic heterocycles. The van der Waals surface area contributed by atoms with E-state index >= 15 is 0 Å². The van der Waals surface area contributed by atoms with Gasteiger partial charge in [0.05, 0.1) is 52.9 Å². The van der Waals surface area contributed by atoms with Gasteiger partial charge in [0, 0.05) is 21.7 Å². The van der Waals surface area contributed by atoms with Crippen LogP contribution in [0, 0.1) is 26.7 Å². The van der Waals surface area contributed by atoms with Crippen LogP contribution in [0.15, 0.2) is 6.07 Å². The second-order valence-electron chi connectivity index (χ2n) is 15.3. The third-order valence-electron chi connectivity index (χ3n) is 12.0. The smallest absolute Gasteiger partial charge is 0.204 e. The highest BCUT2D eigenvalue weighted by atomic mass is 16.6. The number of benzene rings is 3. The number of fused-ring (bicyclic) bond motifs is 3. The van der Waals surface area contributed by atoms with Gasteiger partial charge in [-0.05, 0) is 118 Å². The molecule has 3 aromatic rings. The largest absolute Gasteiger partial charge is 0.492 e. The maximum atomic E-state index is 10.0. The van der Waals surface area contributed by atoms with Gasteiger partial charge in [0.25, 0.3) is 0 Å². The molecule has 0 amide bonds. The molecule has 2 fully saturated rings. The quantitative estimate of drug-likeness (QED) is 0.0611. The summed E-state index contributed by atoms with van der Waals surface area (Å²) < 4.78 is 31.5. The second-order valence-corrected chi connectivity index (χ2v) is 15.3. The predicted octanol–water partition coefficient (Wildman–Crippen LogP) is 10.0. The molecule has 51 heavy (non-hydrogen) atoms. The van der Waals surface area contributed by atoms with Crippen molar-refractivity contribution in [3.8, 4) is 23.0 Å². The molecule has 7 nitrogen and oxygen atoms in total. The minimum absolute atomic E-state index is 0.194. The van der Waals surface area contributed by atoms with Gasteiger partial charge in [-0.25, -0.2) is 0 Å². The summed E-state index contributed by atoms with van der Waals surface area (Å²) in [6.07, 6.45) is 18.9. The van der Waals surface area contributed by atoms with Crippen molar-refractivity contribution in [2.45, 2.75) is 155 Å². The number of unbranched alkanes of at least 4 members (excludes halogenated alkanes) is 8. The van der Waals surface area contributed by atoms with Crippen LogP contribution in [0.2, 0.25) is 0 Å². The van der Waals surface area contributed by atoms with E-state index in [-0.39, 0.29) is 6.61 Å². The number of rotatable bonds is 22. The minimum atomic E-state index is -0.667. The number of methoxy groups -OCH3 is 3. The van der Waals surface area contributed by atoms with E-state index in [0.717, 1.165) is 85.6 Å². The monoisotopic (exact) mass is 706 g/mol. The molecule has 1 saturated heterocycles. The van der Waals surface area contributed by atoms with Crippen molar-refractivity contribution in [2.75, 3.05) is 34.5 Å². The van der Waals surface area contributed by atoms with E-state index in [2.05, 4.69) is 33.8 Å². The van der Waals surface area contributed by atoms with Gasteiger partial charge in [-0.15, -0.1) is 0 Å². The maximum Gasteiger partial charge on any atom is 0.204 e. The lowest BCUT2D eigenvalue weighted by Gasteiger charge is -2.26. The first kappa shape index (κ1) is 39.5. The van der Waals surface area contributed by atoms with Crippen LogP contribution in [0.1, 0.15) is 131 Å². The van der Waals surface area contributed by atoms with Crippen LogP contribution in [0.3, 0.4) is 0 Å². The first-order valence-electron chi connectivity index (χ1n) is 20.1. The Labute approximate surface area is 307 Å². The van der Waals surface area contributed by atoms with E-state index in [1.165, 1.54) is 78.0 Å². The topological polar surface area (TPSA) is 89.9 Å². The highest BCUT2D eigenvalue weighted by molar-refractivity contribution is 6.13. The molecule has 0 aromatic heterocycles. The lowest BCUT2D eigenvalue weighted by Crippen LogP contribution is -2.14. The normalized spacial score (nSPS) is 19.0. The first-order valence-corrected chi connectivity index (χ1v) is 20.1. The summed E-state index contributed by atoms with van der Waals surface area (Å²) in [4.78, 5) is 0. The zero-order chi connectivity index (χ0) is 36.5. The van der Waals surface area contributed by atoms with Crippen molar-refractivity contribution in [3.05, 3.63) is 33.9 Å². The molecule has 1 saturated carbocycles. The summed E-state index contributed by atoms with van der Waals surface area (Å²) in [6, 6.07) is 2.32. The highest BCUT2D eigenvalue weighted by Crippen LogP contribution is 2.53. The van der Waals surface area contributed by atoms with Gasteiger partial charge in [-0.1, -0.05) is 58.3 Å². The van der Waals surface area contributed by atoms with Crippen molar-refractivity contribution in [1.29, 1.82) is 0 Å². The average molecular weight is 707 g/mol. The molecule has 2 aliphatic rings. The molecular weight excluding hydrogens is 640 g/mol. The molecule has 284 valence electrons. The van der Waals surface area contributed by atoms with E-state index < -0.39 is 6.10 Å². The van der Waals surface area contributed by atoms with Crippen LogP contribution in [-0.4, -0.2) is 63.1 Å². The number of aryl methyl sites for hydroxylation is 3. The van der Waals surface area contributed by atoms with E-state index in [9.17, 15) is 10.2 Å². The molecular formula is C44H66O7. The van der Waals surface area contributed by atoms with Crippen LogP contribution in [0.4, 0.5) is 0 Å². The van der Waals surface area contributed by atoms with Gasteiger partial charge in [-0.3, -0.25) is 0 Å². The molecule has 4 atom stereocenters. The van der Waals surface area contributed by atoms with Crippen LogP contribution in [-0.2, 0) is 17.6 Å². The predicted molar refractivity (Wildman–Crippen MR) is 208 cm³/mol. The number of ether oxygens (including phenoxy) is 5. The molecule has 3 aromatic carbocycles. The number of hydrogen-bond donors (Lipinski definition) is 2. The molecule has 0 spiro atoms. The summed E-state index contributed by atoms with van der Waals surface area (Å²) in [5.41, 5.74) is 6.28. The van der Waals surface area contributed by atoms with Crippen molar-refractivity contribution in [2.24, 2.45) is 5.92 Å². The van der Waals surface area contributed by atoms with Crippen LogP contribution >= 0.6 is 0 Å². The van der Waals surface area contributed by atoms with Crippen molar-refractivity contribution in [1.82, 2.24) is 0 Å². The van der Waals surface area contributed by atoms with Crippen molar-refractivity contribution >= 4 is 21.5 Å². The summed E-state index contributed by atoms with van der Waals surface area (Å²) in [5.74, 6) is 3.59. The third kappa shape index (κ3) is 9.08. The molecule has 5 rings (SSSR count). The maximum absolute atomic E-state index is 10.0. The fourth-order valence-corrected chi connectivity index (χ4v) is 8.71. The zero-order valence-corrected chi connectivity index (χ0v) is 32.8. The standard InChI is InChI=1S/C44H66O7/c1-8-9-10-11-12-13-14-17-24-50-43-39-30(4)28(2)29(3)33(19-16-15-18-32(46)27-45)35(39)26-36-40(43)34(41(47-5)44(49-7)42(36)48-6)22-20-31-21-23-37-38(25-31)51-37/h26,31-32,37-38,45-46H,8-25,27H2,1-7H3.